The summed E-state index contributed by atoms with van der Waals surface area (Å²) in [6, 6.07) is 4.01. The molecule has 0 aromatic carbocycles. The molecular formula is C16H22N4O2. The number of carbonyl (C=O) groups excluding carboxylic acids is 1. The van der Waals surface area contributed by atoms with Gasteiger partial charge in [0.15, 0.2) is 5.82 Å². The van der Waals surface area contributed by atoms with Gasteiger partial charge in [-0.25, -0.2) is 0 Å². The van der Waals surface area contributed by atoms with E-state index in [9.17, 15) is 4.79 Å². The minimum Gasteiger partial charge on any atom is -0.360 e. The van der Waals surface area contributed by atoms with Crippen molar-refractivity contribution < 1.29 is 9.32 Å². The number of nitrogens with two attached hydrogens (primary N) is 1. The topological polar surface area (TPSA) is 77.3 Å². The molecule has 0 radical (unpaired) electrons. The van der Waals surface area contributed by atoms with E-state index in [1.807, 2.05) is 42.4 Å². The lowest BCUT2D eigenvalue weighted by molar-refractivity contribution is 0.0714. The molecule has 1 saturated heterocycles. The quantitative estimate of drug-likeness (QED) is 0.920. The van der Waals surface area contributed by atoms with Crippen LogP contribution in [0, 0.1) is 20.8 Å². The zero-order chi connectivity index (χ0) is 15.9. The fourth-order valence-corrected chi connectivity index (χ4v) is 3.06. The lowest BCUT2D eigenvalue weighted by Crippen LogP contribution is -2.42. The Labute approximate surface area is 129 Å². The van der Waals surface area contributed by atoms with Crippen molar-refractivity contribution >= 4 is 5.91 Å². The first-order valence-corrected chi connectivity index (χ1v) is 7.65. The Balaban J connectivity index is 1.91. The number of carbonyl (C=O) groups is 1. The molecule has 1 amide bonds. The van der Waals surface area contributed by atoms with Crippen LogP contribution in [0.1, 0.15) is 40.3 Å². The molecule has 0 atom stereocenters. The molecule has 2 aromatic heterocycles. The summed E-state index contributed by atoms with van der Waals surface area (Å²) < 4.78 is 7.10. The van der Waals surface area contributed by atoms with Crippen LogP contribution in [0.25, 0.3) is 5.82 Å². The second kappa shape index (κ2) is 5.61. The van der Waals surface area contributed by atoms with Gasteiger partial charge >= 0.3 is 0 Å². The van der Waals surface area contributed by atoms with Gasteiger partial charge in [-0.3, -0.25) is 9.36 Å². The molecule has 3 rings (SSSR count). The Morgan fingerprint density at radius 3 is 2.55 bits per heavy atom. The summed E-state index contributed by atoms with van der Waals surface area (Å²) in [7, 11) is 0. The van der Waals surface area contributed by atoms with Crippen molar-refractivity contribution in [3.05, 3.63) is 34.8 Å². The first-order valence-electron chi connectivity index (χ1n) is 7.65. The van der Waals surface area contributed by atoms with Gasteiger partial charge in [-0.15, -0.1) is 0 Å². The van der Waals surface area contributed by atoms with Crippen LogP contribution in [0.4, 0.5) is 0 Å². The summed E-state index contributed by atoms with van der Waals surface area (Å²) in [5.41, 5.74) is 8.51. The van der Waals surface area contributed by atoms with Crippen molar-refractivity contribution in [2.75, 3.05) is 13.1 Å². The molecule has 0 saturated carbocycles. The van der Waals surface area contributed by atoms with Crippen molar-refractivity contribution in [2.24, 2.45) is 5.73 Å². The second-order valence-corrected chi connectivity index (χ2v) is 6.05. The van der Waals surface area contributed by atoms with Gasteiger partial charge in [0.05, 0.1) is 5.56 Å². The second-order valence-electron chi connectivity index (χ2n) is 6.05. The zero-order valence-electron chi connectivity index (χ0n) is 13.3. The van der Waals surface area contributed by atoms with Crippen LogP contribution in [-0.4, -0.2) is 39.7 Å². The number of nitrogens with zero attached hydrogens (tertiary/aromatic N) is 3. The molecule has 0 unspecified atom stereocenters. The van der Waals surface area contributed by atoms with Crippen LogP contribution in [-0.2, 0) is 0 Å². The van der Waals surface area contributed by atoms with Crippen LogP contribution >= 0.6 is 0 Å². The Hall–Kier alpha value is -2.08. The zero-order valence-corrected chi connectivity index (χ0v) is 13.3. The van der Waals surface area contributed by atoms with Gasteiger partial charge in [0.2, 0.25) is 0 Å². The molecule has 22 heavy (non-hydrogen) atoms. The first-order chi connectivity index (χ1) is 10.5. The lowest BCUT2D eigenvalue weighted by atomic mass is 10.1. The van der Waals surface area contributed by atoms with Crippen LogP contribution in [0.3, 0.4) is 0 Å². The summed E-state index contributed by atoms with van der Waals surface area (Å²) in [6.07, 6.45) is 1.74. The average Bonchev–Trinajstić information content (AvgIpc) is 3.02. The van der Waals surface area contributed by atoms with Crippen LogP contribution in [0.5, 0.6) is 0 Å². The van der Waals surface area contributed by atoms with E-state index in [0.717, 1.165) is 48.6 Å². The standard InChI is InChI=1S/C16H22N4O2/c1-10-8-14(16(21)19-6-4-13(17)5-7-19)12(3)20(10)15-9-11(2)22-18-15/h8-9,13H,4-7,17H2,1-3H3. The van der Waals surface area contributed by atoms with E-state index in [2.05, 4.69) is 5.16 Å². The number of hydrogen-bond acceptors (Lipinski definition) is 4. The van der Waals surface area contributed by atoms with E-state index in [4.69, 9.17) is 10.3 Å². The number of piperidine rings is 1. The fourth-order valence-electron chi connectivity index (χ4n) is 3.06. The molecule has 6 nitrogen and oxygen atoms in total. The van der Waals surface area contributed by atoms with E-state index >= 15 is 0 Å². The van der Waals surface area contributed by atoms with Crippen LogP contribution in [0.15, 0.2) is 16.7 Å². The van der Waals surface area contributed by atoms with Crippen molar-refractivity contribution in [1.82, 2.24) is 14.6 Å². The number of amides is 1. The summed E-state index contributed by atoms with van der Waals surface area (Å²) in [6.45, 7) is 7.23. The Bertz CT molecular complexity index is 693. The molecule has 1 fully saturated rings. The number of rotatable bonds is 2. The van der Waals surface area contributed by atoms with E-state index < -0.39 is 0 Å². The number of aryl methyl sites for hydroxylation is 2. The summed E-state index contributed by atoms with van der Waals surface area (Å²) in [4.78, 5) is 14.6. The first kappa shape index (κ1) is 14.8. The van der Waals surface area contributed by atoms with E-state index in [1.165, 1.54) is 0 Å². The Kier molecular flexibility index (Phi) is 3.78. The minimum atomic E-state index is 0.0754. The fraction of sp³-hybridized carbons (Fsp3) is 0.500. The SMILES string of the molecule is Cc1cc(-n2c(C)cc(C(=O)N3CCC(N)CC3)c2C)no1. The molecule has 1 aliphatic heterocycles. The molecule has 0 spiro atoms. The molecule has 0 aliphatic carbocycles. The monoisotopic (exact) mass is 302 g/mol. The average molecular weight is 302 g/mol. The van der Waals surface area contributed by atoms with Crippen molar-refractivity contribution in [1.29, 1.82) is 0 Å². The molecule has 118 valence electrons. The van der Waals surface area contributed by atoms with Gasteiger partial charge in [-0.1, -0.05) is 5.16 Å². The molecule has 0 bridgehead atoms. The van der Waals surface area contributed by atoms with E-state index in [0.29, 0.717) is 5.82 Å². The third-order valence-corrected chi connectivity index (χ3v) is 4.33. The van der Waals surface area contributed by atoms with Crippen LogP contribution in [0.2, 0.25) is 0 Å². The van der Waals surface area contributed by atoms with Gasteiger partial charge in [0, 0.05) is 36.6 Å². The highest BCUT2D eigenvalue weighted by molar-refractivity contribution is 5.96. The number of aromatic nitrogens is 2. The predicted molar refractivity (Wildman–Crippen MR) is 83.2 cm³/mol. The third kappa shape index (κ3) is 2.54. The molecular weight excluding hydrogens is 280 g/mol. The minimum absolute atomic E-state index is 0.0754. The van der Waals surface area contributed by atoms with E-state index in [1.54, 1.807) is 0 Å². The molecule has 2 aromatic rings. The Morgan fingerprint density at radius 1 is 1.27 bits per heavy atom. The predicted octanol–water partition coefficient (Wildman–Crippen LogP) is 1.95. The van der Waals surface area contributed by atoms with E-state index in [-0.39, 0.29) is 11.9 Å². The highest BCUT2D eigenvalue weighted by Crippen LogP contribution is 2.23. The number of hydrogen-bond donors (Lipinski definition) is 1. The van der Waals surface area contributed by atoms with Gasteiger partial charge in [0.1, 0.15) is 5.76 Å². The van der Waals surface area contributed by atoms with Gasteiger partial charge in [-0.05, 0) is 39.7 Å². The maximum Gasteiger partial charge on any atom is 0.255 e. The summed E-state index contributed by atoms with van der Waals surface area (Å²) in [5, 5.41) is 4.05. The van der Waals surface area contributed by atoms with Gasteiger partial charge < -0.3 is 15.2 Å². The van der Waals surface area contributed by atoms with Crippen LogP contribution < -0.4 is 5.73 Å². The maximum absolute atomic E-state index is 12.8. The molecule has 2 N–H and O–H groups in total. The Morgan fingerprint density at radius 2 is 1.95 bits per heavy atom. The summed E-state index contributed by atoms with van der Waals surface area (Å²) in [5.74, 6) is 1.54. The third-order valence-electron chi connectivity index (χ3n) is 4.33. The lowest BCUT2D eigenvalue weighted by Gasteiger charge is -2.30. The maximum atomic E-state index is 12.8. The molecule has 6 heteroatoms. The highest BCUT2D eigenvalue weighted by atomic mass is 16.5. The summed E-state index contributed by atoms with van der Waals surface area (Å²) >= 11 is 0. The van der Waals surface area contributed by atoms with Crippen molar-refractivity contribution in [3.8, 4) is 5.82 Å². The largest absolute Gasteiger partial charge is 0.360 e. The van der Waals surface area contributed by atoms with Gasteiger partial charge in [0.25, 0.3) is 5.91 Å². The van der Waals surface area contributed by atoms with Gasteiger partial charge in [-0.2, -0.15) is 0 Å². The van der Waals surface area contributed by atoms with Crippen molar-refractivity contribution in [2.45, 2.75) is 39.7 Å². The smallest absolute Gasteiger partial charge is 0.255 e. The number of likely N-dealkylation sites (tertiary alicyclic amines) is 1. The molecule has 1 aliphatic rings. The normalized spacial score (nSPS) is 16.3. The van der Waals surface area contributed by atoms with Crippen molar-refractivity contribution in [3.63, 3.8) is 0 Å². The molecule has 3 heterocycles. The highest BCUT2D eigenvalue weighted by Gasteiger charge is 2.25.